The molecule has 0 aromatic carbocycles. The number of carbonyl (C=O) groups is 1. The van der Waals surface area contributed by atoms with Gasteiger partial charge in [-0.15, -0.1) is 0 Å². The summed E-state index contributed by atoms with van der Waals surface area (Å²) in [5.74, 6) is -1.45. The Morgan fingerprint density at radius 1 is 1.60 bits per heavy atom. The van der Waals surface area contributed by atoms with Gasteiger partial charge in [0.25, 0.3) is 0 Å². The van der Waals surface area contributed by atoms with Crippen LogP contribution < -0.4 is 5.73 Å². The largest absolute Gasteiger partial charge is 0.481 e. The number of aliphatic carboxylic acids is 1. The first-order valence-electron chi connectivity index (χ1n) is 4.59. The molecule has 1 fully saturated rings. The second-order valence-electron chi connectivity index (χ2n) is 3.70. The van der Waals surface area contributed by atoms with Crippen molar-refractivity contribution in [2.24, 2.45) is 5.73 Å². The van der Waals surface area contributed by atoms with Crippen LogP contribution in [-0.4, -0.2) is 47.3 Å². The highest BCUT2D eigenvalue weighted by Crippen LogP contribution is 2.29. The molecule has 0 saturated carbocycles. The van der Waals surface area contributed by atoms with Crippen LogP contribution in [0.25, 0.3) is 0 Å². The van der Waals surface area contributed by atoms with Gasteiger partial charge in [0.05, 0.1) is 6.42 Å². The van der Waals surface area contributed by atoms with Crippen molar-refractivity contribution in [3.63, 3.8) is 0 Å². The molecule has 1 rings (SSSR count). The molecule has 4 nitrogen and oxygen atoms in total. The minimum atomic E-state index is -4.51. The van der Waals surface area contributed by atoms with Gasteiger partial charge in [0, 0.05) is 19.1 Å². The fraction of sp³-hybridized carbons (Fsp3) is 0.875. The van der Waals surface area contributed by atoms with Gasteiger partial charge in [-0.25, -0.2) is 0 Å². The van der Waals surface area contributed by atoms with Crippen molar-refractivity contribution in [1.82, 2.24) is 4.90 Å². The van der Waals surface area contributed by atoms with Crippen LogP contribution in [0.5, 0.6) is 0 Å². The fourth-order valence-electron chi connectivity index (χ4n) is 1.72. The van der Waals surface area contributed by atoms with Gasteiger partial charge in [0.15, 0.2) is 0 Å². The van der Waals surface area contributed by atoms with Gasteiger partial charge in [-0.2, -0.15) is 13.2 Å². The van der Waals surface area contributed by atoms with E-state index in [1.54, 1.807) is 0 Å². The maximum atomic E-state index is 12.5. The third-order valence-electron chi connectivity index (χ3n) is 2.44. The number of rotatable bonds is 3. The number of likely N-dealkylation sites (tertiary alicyclic amines) is 1. The molecule has 1 aliphatic rings. The predicted molar refractivity (Wildman–Crippen MR) is 46.3 cm³/mol. The Morgan fingerprint density at radius 3 is 2.53 bits per heavy atom. The van der Waals surface area contributed by atoms with Gasteiger partial charge in [-0.3, -0.25) is 9.69 Å². The van der Waals surface area contributed by atoms with Crippen molar-refractivity contribution in [2.45, 2.75) is 31.1 Å². The van der Waals surface area contributed by atoms with Crippen LogP contribution in [0.1, 0.15) is 12.8 Å². The zero-order chi connectivity index (χ0) is 11.6. The number of halogens is 3. The smallest absolute Gasteiger partial charge is 0.404 e. The van der Waals surface area contributed by atoms with Crippen molar-refractivity contribution >= 4 is 5.97 Å². The first-order chi connectivity index (χ1) is 6.80. The molecule has 0 radical (unpaired) electrons. The molecule has 1 saturated heterocycles. The molecule has 3 N–H and O–H groups in total. The lowest BCUT2D eigenvalue weighted by Crippen LogP contribution is -2.46. The first-order valence-corrected chi connectivity index (χ1v) is 4.59. The highest BCUT2D eigenvalue weighted by molar-refractivity contribution is 5.67. The SMILES string of the molecule is NC1CCN(C(CC(=O)O)C(F)(F)F)C1. The predicted octanol–water partition coefficient (Wildman–Crippen LogP) is 0.425. The minimum Gasteiger partial charge on any atom is -0.481 e. The van der Waals surface area contributed by atoms with Gasteiger partial charge in [-0.05, 0) is 6.42 Å². The van der Waals surface area contributed by atoms with E-state index in [4.69, 9.17) is 10.8 Å². The third-order valence-corrected chi connectivity index (χ3v) is 2.44. The van der Waals surface area contributed by atoms with Crippen molar-refractivity contribution in [2.75, 3.05) is 13.1 Å². The van der Waals surface area contributed by atoms with Gasteiger partial charge >= 0.3 is 12.1 Å². The third kappa shape index (κ3) is 3.35. The van der Waals surface area contributed by atoms with Crippen LogP contribution >= 0.6 is 0 Å². The lowest BCUT2D eigenvalue weighted by molar-refractivity contribution is -0.188. The average Bonchev–Trinajstić information content (AvgIpc) is 2.45. The van der Waals surface area contributed by atoms with E-state index in [1.807, 2.05) is 0 Å². The second kappa shape index (κ2) is 4.36. The van der Waals surface area contributed by atoms with Gasteiger partial charge in [-0.1, -0.05) is 0 Å². The second-order valence-corrected chi connectivity index (χ2v) is 3.70. The summed E-state index contributed by atoms with van der Waals surface area (Å²) in [6.07, 6.45) is -4.95. The maximum absolute atomic E-state index is 12.5. The summed E-state index contributed by atoms with van der Waals surface area (Å²) in [7, 11) is 0. The summed E-state index contributed by atoms with van der Waals surface area (Å²) in [5.41, 5.74) is 5.48. The number of nitrogens with two attached hydrogens (primary N) is 1. The Morgan fingerprint density at radius 2 is 2.20 bits per heavy atom. The molecule has 0 aromatic heterocycles. The summed E-state index contributed by atoms with van der Waals surface area (Å²) in [4.78, 5) is 11.4. The highest BCUT2D eigenvalue weighted by Gasteiger charge is 2.46. The molecule has 0 amide bonds. The summed E-state index contributed by atoms with van der Waals surface area (Å²) in [6, 6.07) is -2.20. The van der Waals surface area contributed by atoms with Crippen LogP contribution in [0.2, 0.25) is 0 Å². The van der Waals surface area contributed by atoms with E-state index < -0.39 is 24.6 Å². The lowest BCUT2D eigenvalue weighted by atomic mass is 10.2. The van der Waals surface area contributed by atoms with Gasteiger partial charge < -0.3 is 10.8 Å². The quantitative estimate of drug-likeness (QED) is 0.732. The van der Waals surface area contributed by atoms with E-state index in [-0.39, 0.29) is 19.1 Å². The number of hydrogen-bond acceptors (Lipinski definition) is 3. The fourth-order valence-corrected chi connectivity index (χ4v) is 1.72. The summed E-state index contributed by atoms with van der Waals surface area (Å²) in [5, 5.41) is 8.42. The van der Waals surface area contributed by atoms with Gasteiger partial charge in [0.2, 0.25) is 0 Å². The number of hydrogen-bond donors (Lipinski definition) is 2. The number of alkyl halides is 3. The molecular formula is C8H13F3N2O2. The first kappa shape index (κ1) is 12.3. The van der Waals surface area contributed by atoms with E-state index in [9.17, 15) is 18.0 Å². The number of carboxylic acids is 1. The summed E-state index contributed by atoms with van der Waals surface area (Å²) in [6.45, 7) is 0.316. The Bertz CT molecular complexity index is 245. The van der Waals surface area contributed by atoms with Crippen LogP contribution in [0.3, 0.4) is 0 Å². The molecule has 2 atom stereocenters. The summed E-state index contributed by atoms with van der Waals surface area (Å²) >= 11 is 0. The topological polar surface area (TPSA) is 66.6 Å². The average molecular weight is 226 g/mol. The van der Waals surface area contributed by atoms with Gasteiger partial charge in [0.1, 0.15) is 6.04 Å². The molecule has 2 unspecified atom stereocenters. The normalized spacial score (nSPS) is 25.5. The molecule has 15 heavy (non-hydrogen) atoms. The Labute approximate surface area is 84.8 Å². The zero-order valence-electron chi connectivity index (χ0n) is 8.00. The monoisotopic (exact) mass is 226 g/mol. The molecule has 1 aliphatic heterocycles. The molecule has 1 heterocycles. The van der Waals surface area contributed by atoms with Crippen LogP contribution in [0.15, 0.2) is 0 Å². The number of carboxylic acid groups (broad SMARTS) is 1. The van der Waals surface area contributed by atoms with Crippen molar-refractivity contribution in [1.29, 1.82) is 0 Å². The van der Waals surface area contributed by atoms with Crippen molar-refractivity contribution < 1.29 is 23.1 Å². The Hall–Kier alpha value is -0.820. The Kier molecular flexibility index (Phi) is 3.56. The summed E-state index contributed by atoms with van der Waals surface area (Å²) < 4.78 is 37.5. The molecule has 88 valence electrons. The molecule has 0 aliphatic carbocycles. The van der Waals surface area contributed by atoms with E-state index >= 15 is 0 Å². The Balaban J connectivity index is 2.68. The van der Waals surface area contributed by atoms with E-state index in [1.165, 1.54) is 0 Å². The van der Waals surface area contributed by atoms with Crippen LogP contribution in [-0.2, 0) is 4.79 Å². The van der Waals surface area contributed by atoms with E-state index in [0.717, 1.165) is 4.90 Å². The van der Waals surface area contributed by atoms with Crippen molar-refractivity contribution in [3.05, 3.63) is 0 Å². The standard InChI is InChI=1S/C8H13F3N2O2/c9-8(10,11)6(3-7(14)15)13-2-1-5(12)4-13/h5-6H,1-4,12H2,(H,14,15). The van der Waals surface area contributed by atoms with Crippen LogP contribution in [0.4, 0.5) is 13.2 Å². The minimum absolute atomic E-state index is 0.109. The van der Waals surface area contributed by atoms with E-state index in [2.05, 4.69) is 0 Å². The zero-order valence-corrected chi connectivity index (χ0v) is 8.00. The molecule has 7 heteroatoms. The van der Waals surface area contributed by atoms with Crippen molar-refractivity contribution in [3.8, 4) is 0 Å². The molecule has 0 spiro atoms. The number of nitrogens with zero attached hydrogens (tertiary/aromatic N) is 1. The maximum Gasteiger partial charge on any atom is 0.404 e. The molecular weight excluding hydrogens is 213 g/mol. The van der Waals surface area contributed by atoms with E-state index in [0.29, 0.717) is 6.42 Å². The lowest BCUT2D eigenvalue weighted by Gasteiger charge is -2.28. The van der Waals surface area contributed by atoms with Crippen LogP contribution in [0, 0.1) is 0 Å². The molecule has 0 bridgehead atoms. The highest BCUT2D eigenvalue weighted by atomic mass is 19.4. The molecule has 0 aromatic rings.